The number of halogens is 1. The van der Waals surface area contributed by atoms with E-state index in [4.69, 9.17) is 11.6 Å². The lowest BCUT2D eigenvalue weighted by Crippen LogP contribution is -2.35. The van der Waals surface area contributed by atoms with Gasteiger partial charge in [-0.3, -0.25) is 4.79 Å². The largest absolute Gasteiger partial charge is 0.391 e. The van der Waals surface area contributed by atoms with Gasteiger partial charge >= 0.3 is 0 Å². The summed E-state index contributed by atoms with van der Waals surface area (Å²) in [6, 6.07) is 0. The van der Waals surface area contributed by atoms with E-state index in [2.05, 4.69) is 15.3 Å². The average molecular weight is 273 g/mol. The van der Waals surface area contributed by atoms with Gasteiger partial charge in [0.15, 0.2) is 0 Å². The van der Waals surface area contributed by atoms with Crippen LogP contribution in [0.5, 0.6) is 0 Å². The summed E-state index contributed by atoms with van der Waals surface area (Å²) in [5.74, 6) is 0.293. The molecule has 6 nitrogen and oxygen atoms in total. The summed E-state index contributed by atoms with van der Waals surface area (Å²) in [7, 11) is 3.39. The highest BCUT2D eigenvalue weighted by Gasteiger charge is 2.18. The van der Waals surface area contributed by atoms with Gasteiger partial charge in [0.05, 0.1) is 18.1 Å². The van der Waals surface area contributed by atoms with Gasteiger partial charge in [0.1, 0.15) is 17.3 Å². The Balaban J connectivity index is 2.87. The molecular weight excluding hydrogens is 256 g/mol. The maximum atomic E-state index is 11.5. The normalized spacial score (nSPS) is 12.1. The van der Waals surface area contributed by atoms with Crippen molar-refractivity contribution in [3.05, 3.63) is 17.0 Å². The molecule has 0 saturated heterocycles. The summed E-state index contributed by atoms with van der Waals surface area (Å²) in [6.07, 6.45) is 1.33. The van der Waals surface area contributed by atoms with Crippen LogP contribution >= 0.6 is 11.6 Å². The second-order valence-corrected chi connectivity index (χ2v) is 4.38. The minimum atomic E-state index is -0.242. The Kier molecular flexibility index (Phi) is 5.30. The summed E-state index contributed by atoms with van der Waals surface area (Å²) < 4.78 is 0. The van der Waals surface area contributed by atoms with Gasteiger partial charge in [-0.1, -0.05) is 18.5 Å². The number of rotatable bonds is 5. The highest BCUT2D eigenvalue weighted by Crippen LogP contribution is 2.22. The van der Waals surface area contributed by atoms with Gasteiger partial charge in [0.25, 0.3) is 0 Å². The molecule has 0 aliphatic carbocycles. The molecule has 0 aliphatic heterocycles. The van der Waals surface area contributed by atoms with Gasteiger partial charge < -0.3 is 15.3 Å². The zero-order valence-electron chi connectivity index (χ0n) is 10.6. The molecule has 7 heteroatoms. The predicted molar refractivity (Wildman–Crippen MR) is 69.5 cm³/mol. The minimum absolute atomic E-state index is 0.0486. The topological polar surface area (TPSA) is 78.4 Å². The van der Waals surface area contributed by atoms with Crippen LogP contribution in [0.15, 0.2) is 6.33 Å². The van der Waals surface area contributed by atoms with Crippen molar-refractivity contribution in [1.29, 1.82) is 0 Å². The molecule has 0 bridgehead atoms. The molecule has 18 heavy (non-hydrogen) atoms. The Morgan fingerprint density at radius 1 is 1.61 bits per heavy atom. The van der Waals surface area contributed by atoms with Crippen molar-refractivity contribution in [1.82, 2.24) is 15.3 Å². The Bertz CT molecular complexity index is 428. The first-order chi connectivity index (χ1) is 8.51. The van der Waals surface area contributed by atoms with Crippen LogP contribution in [0.25, 0.3) is 0 Å². The van der Waals surface area contributed by atoms with E-state index in [9.17, 15) is 9.90 Å². The first-order valence-corrected chi connectivity index (χ1v) is 5.92. The van der Waals surface area contributed by atoms with E-state index in [0.717, 1.165) is 0 Å². The zero-order valence-corrected chi connectivity index (χ0v) is 11.4. The van der Waals surface area contributed by atoms with Crippen molar-refractivity contribution >= 4 is 23.3 Å². The lowest BCUT2D eigenvalue weighted by molar-refractivity contribution is -0.123. The van der Waals surface area contributed by atoms with Crippen LogP contribution in [-0.2, 0) is 11.4 Å². The summed E-state index contributed by atoms with van der Waals surface area (Å²) in [5.41, 5.74) is 0.464. The molecule has 1 aromatic heterocycles. The standard InChI is InChI=1S/C11H17ClN4O2/c1-7(11(18)13-2)4-16(3)10-8(5-17)9(12)14-6-15-10/h6-7,17H,4-5H2,1-3H3,(H,13,18). The molecule has 1 heterocycles. The van der Waals surface area contributed by atoms with Crippen LogP contribution in [0.2, 0.25) is 5.15 Å². The number of aliphatic hydroxyl groups excluding tert-OH is 1. The van der Waals surface area contributed by atoms with Crippen LogP contribution in [0.3, 0.4) is 0 Å². The van der Waals surface area contributed by atoms with Crippen molar-refractivity contribution < 1.29 is 9.90 Å². The fraction of sp³-hybridized carbons (Fsp3) is 0.545. The average Bonchev–Trinajstić information content (AvgIpc) is 2.37. The third-order valence-electron chi connectivity index (χ3n) is 2.63. The highest BCUT2D eigenvalue weighted by atomic mass is 35.5. The Morgan fingerprint density at radius 3 is 2.83 bits per heavy atom. The van der Waals surface area contributed by atoms with E-state index in [-0.39, 0.29) is 23.6 Å². The smallest absolute Gasteiger partial charge is 0.224 e. The van der Waals surface area contributed by atoms with Gasteiger partial charge in [-0.25, -0.2) is 9.97 Å². The highest BCUT2D eigenvalue weighted by molar-refractivity contribution is 6.30. The van der Waals surface area contributed by atoms with Crippen molar-refractivity contribution in [2.75, 3.05) is 25.5 Å². The van der Waals surface area contributed by atoms with Crippen LogP contribution in [-0.4, -0.2) is 41.6 Å². The number of carbonyl (C=O) groups excluding carboxylic acids is 1. The number of amides is 1. The van der Waals surface area contributed by atoms with Gasteiger partial charge in [-0.15, -0.1) is 0 Å². The van der Waals surface area contributed by atoms with E-state index in [1.807, 2.05) is 6.92 Å². The van der Waals surface area contributed by atoms with Crippen molar-refractivity contribution in [2.24, 2.45) is 5.92 Å². The summed E-state index contributed by atoms with van der Waals surface area (Å²) in [5, 5.41) is 12.1. The van der Waals surface area contributed by atoms with Crippen LogP contribution in [0.4, 0.5) is 5.82 Å². The molecule has 0 aliphatic rings. The van der Waals surface area contributed by atoms with E-state index in [1.54, 1.807) is 19.0 Å². The fourth-order valence-electron chi connectivity index (χ4n) is 1.67. The quantitative estimate of drug-likeness (QED) is 0.761. The molecule has 0 aromatic carbocycles. The number of aromatic nitrogens is 2. The molecule has 0 spiro atoms. The molecule has 2 N–H and O–H groups in total. The van der Waals surface area contributed by atoms with Gasteiger partial charge in [0.2, 0.25) is 5.91 Å². The molecular formula is C11H17ClN4O2. The zero-order chi connectivity index (χ0) is 13.7. The third-order valence-corrected chi connectivity index (χ3v) is 2.96. The Hall–Kier alpha value is -1.40. The maximum absolute atomic E-state index is 11.5. The third kappa shape index (κ3) is 3.30. The van der Waals surface area contributed by atoms with E-state index >= 15 is 0 Å². The molecule has 0 saturated carbocycles. The minimum Gasteiger partial charge on any atom is -0.391 e. The molecule has 1 unspecified atom stereocenters. The first kappa shape index (κ1) is 14.7. The monoisotopic (exact) mass is 272 g/mol. The Morgan fingerprint density at radius 2 is 2.28 bits per heavy atom. The van der Waals surface area contributed by atoms with Crippen molar-refractivity contribution in [2.45, 2.75) is 13.5 Å². The molecule has 1 aromatic rings. The number of carbonyl (C=O) groups is 1. The first-order valence-electron chi connectivity index (χ1n) is 5.54. The SMILES string of the molecule is CNC(=O)C(C)CN(C)c1ncnc(Cl)c1CO. The van der Waals surface area contributed by atoms with Crippen LogP contribution in [0.1, 0.15) is 12.5 Å². The number of nitrogens with one attached hydrogen (secondary N) is 1. The molecule has 1 atom stereocenters. The number of anilines is 1. The summed E-state index contributed by atoms with van der Waals surface area (Å²) in [6.45, 7) is 2.05. The maximum Gasteiger partial charge on any atom is 0.224 e. The second-order valence-electron chi connectivity index (χ2n) is 4.02. The number of hydrogen-bond donors (Lipinski definition) is 2. The van der Waals surface area contributed by atoms with Gasteiger partial charge in [0, 0.05) is 20.6 Å². The predicted octanol–water partition coefficient (Wildman–Crippen LogP) is 0.441. The number of nitrogens with zero attached hydrogens (tertiary/aromatic N) is 3. The lowest BCUT2D eigenvalue weighted by atomic mass is 10.1. The Labute approximate surface area is 111 Å². The van der Waals surface area contributed by atoms with Gasteiger partial charge in [-0.05, 0) is 0 Å². The van der Waals surface area contributed by atoms with Crippen LogP contribution in [0, 0.1) is 5.92 Å². The van der Waals surface area contributed by atoms with Crippen LogP contribution < -0.4 is 10.2 Å². The number of hydrogen-bond acceptors (Lipinski definition) is 5. The van der Waals surface area contributed by atoms with Gasteiger partial charge in [-0.2, -0.15) is 0 Å². The fourth-order valence-corrected chi connectivity index (χ4v) is 1.86. The van der Waals surface area contributed by atoms with E-state index in [1.165, 1.54) is 6.33 Å². The molecule has 0 fully saturated rings. The summed E-state index contributed by atoms with van der Waals surface area (Å²) in [4.78, 5) is 21.1. The number of aliphatic hydroxyl groups is 1. The summed E-state index contributed by atoms with van der Waals surface area (Å²) >= 11 is 5.88. The molecule has 0 radical (unpaired) electrons. The molecule has 1 amide bonds. The van der Waals surface area contributed by atoms with E-state index < -0.39 is 0 Å². The second kappa shape index (κ2) is 6.51. The molecule has 100 valence electrons. The lowest BCUT2D eigenvalue weighted by Gasteiger charge is -2.23. The van der Waals surface area contributed by atoms with Crippen molar-refractivity contribution in [3.8, 4) is 0 Å². The van der Waals surface area contributed by atoms with Crippen molar-refractivity contribution in [3.63, 3.8) is 0 Å². The molecule has 1 rings (SSSR count). The van der Waals surface area contributed by atoms with E-state index in [0.29, 0.717) is 17.9 Å².